The summed E-state index contributed by atoms with van der Waals surface area (Å²) in [6.45, 7) is 4.13. The zero-order valence-corrected chi connectivity index (χ0v) is 11.8. The highest BCUT2D eigenvalue weighted by Gasteiger charge is 2.47. The monoisotopic (exact) mass is 300 g/mol. The van der Waals surface area contributed by atoms with Gasteiger partial charge in [0, 0.05) is 10.9 Å². The molecule has 1 unspecified atom stereocenters. The van der Waals surface area contributed by atoms with Gasteiger partial charge in [-0.25, -0.2) is 4.39 Å². The maximum atomic E-state index is 13.8. The predicted molar refractivity (Wildman–Crippen MR) is 70.4 cm³/mol. The fraction of sp³-hybridized carbons (Fsp3) is 0.571. The van der Waals surface area contributed by atoms with Crippen molar-refractivity contribution in [1.29, 1.82) is 0 Å². The smallest absolute Gasteiger partial charge is 0.127 e. The average molecular weight is 301 g/mol. The van der Waals surface area contributed by atoms with Gasteiger partial charge in [-0.1, -0.05) is 35.8 Å². The van der Waals surface area contributed by atoms with E-state index in [9.17, 15) is 9.50 Å². The highest BCUT2D eigenvalue weighted by Crippen LogP contribution is 2.47. The molecule has 3 heteroatoms. The Hall–Kier alpha value is -0.410. The Morgan fingerprint density at radius 3 is 2.59 bits per heavy atom. The molecule has 0 amide bonds. The fourth-order valence-corrected chi connectivity index (χ4v) is 3.03. The zero-order valence-electron chi connectivity index (χ0n) is 10.3. The summed E-state index contributed by atoms with van der Waals surface area (Å²) in [6.07, 6.45) is 3.18. The Kier molecular flexibility index (Phi) is 3.34. The van der Waals surface area contributed by atoms with Crippen molar-refractivity contribution in [1.82, 2.24) is 0 Å². The lowest BCUT2D eigenvalue weighted by molar-refractivity contribution is -0.0425. The van der Waals surface area contributed by atoms with E-state index in [-0.39, 0.29) is 11.2 Å². The lowest BCUT2D eigenvalue weighted by Crippen LogP contribution is -2.42. The normalized spacial score (nSPS) is 27.4. The molecule has 1 aliphatic carbocycles. The maximum absolute atomic E-state index is 13.8. The van der Waals surface area contributed by atoms with Crippen molar-refractivity contribution < 1.29 is 9.50 Å². The maximum Gasteiger partial charge on any atom is 0.127 e. The first kappa shape index (κ1) is 13.0. The lowest BCUT2D eigenvalue weighted by atomic mass is 9.74. The highest BCUT2D eigenvalue weighted by atomic mass is 79.9. The van der Waals surface area contributed by atoms with E-state index in [1.54, 1.807) is 6.07 Å². The van der Waals surface area contributed by atoms with Crippen LogP contribution in [0.1, 0.15) is 38.7 Å². The molecule has 0 spiro atoms. The molecule has 1 aromatic carbocycles. The van der Waals surface area contributed by atoms with E-state index in [4.69, 9.17) is 0 Å². The van der Waals surface area contributed by atoms with Gasteiger partial charge in [0.2, 0.25) is 0 Å². The van der Waals surface area contributed by atoms with Gasteiger partial charge in [-0.2, -0.15) is 0 Å². The van der Waals surface area contributed by atoms with Crippen LogP contribution in [0.2, 0.25) is 0 Å². The summed E-state index contributed by atoms with van der Waals surface area (Å²) in [6, 6.07) is 5.04. The van der Waals surface area contributed by atoms with Gasteiger partial charge in [0.15, 0.2) is 0 Å². The Morgan fingerprint density at radius 2 is 2.06 bits per heavy atom. The molecule has 94 valence electrons. The number of benzene rings is 1. The Labute approximate surface area is 110 Å². The lowest BCUT2D eigenvalue weighted by Gasteiger charge is -2.37. The van der Waals surface area contributed by atoms with Gasteiger partial charge in [-0.05, 0) is 42.4 Å². The fourth-order valence-electron chi connectivity index (χ4n) is 2.70. The Balaban J connectivity index is 2.26. The first-order valence-electron chi connectivity index (χ1n) is 6.00. The van der Waals surface area contributed by atoms with E-state index in [0.717, 1.165) is 23.7 Å². The topological polar surface area (TPSA) is 20.2 Å². The van der Waals surface area contributed by atoms with Crippen molar-refractivity contribution in [3.05, 3.63) is 34.1 Å². The van der Waals surface area contributed by atoms with Crippen LogP contribution in [0.25, 0.3) is 0 Å². The van der Waals surface area contributed by atoms with Gasteiger partial charge in [-0.3, -0.25) is 0 Å². The summed E-state index contributed by atoms with van der Waals surface area (Å²) >= 11 is 3.24. The molecule has 0 aliphatic heterocycles. The SMILES string of the molecule is CC1(C)CCCC1(O)Cc1ccc(Br)cc1F. The predicted octanol–water partition coefficient (Wildman–Crippen LogP) is 4.07. The molecule has 1 N–H and O–H groups in total. The van der Waals surface area contributed by atoms with Gasteiger partial charge in [0.1, 0.15) is 5.82 Å². The number of halogens is 2. The van der Waals surface area contributed by atoms with Gasteiger partial charge in [0.25, 0.3) is 0 Å². The summed E-state index contributed by atoms with van der Waals surface area (Å²) in [4.78, 5) is 0. The zero-order chi connectivity index (χ0) is 12.7. The van der Waals surface area contributed by atoms with E-state index in [1.807, 2.05) is 6.07 Å². The quantitative estimate of drug-likeness (QED) is 0.873. The third kappa shape index (κ3) is 2.41. The molecule has 1 nitrogen and oxygen atoms in total. The molecule has 1 atom stereocenters. The van der Waals surface area contributed by atoms with E-state index in [2.05, 4.69) is 29.8 Å². The first-order chi connectivity index (χ1) is 7.84. The van der Waals surface area contributed by atoms with E-state index >= 15 is 0 Å². The first-order valence-corrected chi connectivity index (χ1v) is 6.80. The van der Waals surface area contributed by atoms with Crippen molar-refractivity contribution in [2.45, 2.75) is 45.1 Å². The van der Waals surface area contributed by atoms with Gasteiger partial charge >= 0.3 is 0 Å². The Morgan fingerprint density at radius 1 is 1.35 bits per heavy atom. The standard InChI is InChI=1S/C14H18BrFO/c1-13(2)6-3-7-14(13,17)9-10-4-5-11(15)8-12(10)16/h4-5,8,17H,3,6-7,9H2,1-2H3. The molecule has 0 saturated heterocycles. The molecule has 17 heavy (non-hydrogen) atoms. The molecular weight excluding hydrogens is 283 g/mol. The van der Waals surface area contributed by atoms with Crippen LogP contribution in [-0.2, 0) is 6.42 Å². The third-order valence-electron chi connectivity index (χ3n) is 4.15. The van der Waals surface area contributed by atoms with Crippen molar-refractivity contribution in [2.24, 2.45) is 5.41 Å². The summed E-state index contributed by atoms with van der Waals surface area (Å²) < 4.78 is 14.5. The second-order valence-corrected chi connectivity index (χ2v) is 6.60. The number of rotatable bonds is 2. The molecule has 1 aromatic rings. The van der Waals surface area contributed by atoms with Crippen LogP contribution in [-0.4, -0.2) is 10.7 Å². The highest BCUT2D eigenvalue weighted by molar-refractivity contribution is 9.10. The minimum atomic E-state index is -0.776. The molecule has 0 bridgehead atoms. The van der Waals surface area contributed by atoms with Crippen LogP contribution in [0.15, 0.2) is 22.7 Å². The van der Waals surface area contributed by atoms with Crippen molar-refractivity contribution in [3.8, 4) is 0 Å². The molecule has 0 aromatic heterocycles. The molecule has 1 aliphatic rings. The number of aliphatic hydroxyl groups is 1. The molecule has 1 fully saturated rings. The molecule has 0 radical (unpaired) electrons. The van der Waals surface area contributed by atoms with Gasteiger partial charge in [0.05, 0.1) is 5.60 Å². The van der Waals surface area contributed by atoms with Crippen LogP contribution in [0.4, 0.5) is 4.39 Å². The van der Waals surface area contributed by atoms with Crippen molar-refractivity contribution in [3.63, 3.8) is 0 Å². The molecule has 1 saturated carbocycles. The summed E-state index contributed by atoms with van der Waals surface area (Å²) in [5, 5.41) is 10.7. The summed E-state index contributed by atoms with van der Waals surface area (Å²) in [5.74, 6) is -0.240. The van der Waals surface area contributed by atoms with Crippen LogP contribution in [0, 0.1) is 11.2 Å². The molecular formula is C14H18BrFO. The van der Waals surface area contributed by atoms with Gasteiger partial charge in [-0.15, -0.1) is 0 Å². The van der Waals surface area contributed by atoms with E-state index in [1.165, 1.54) is 6.07 Å². The largest absolute Gasteiger partial charge is 0.389 e. The van der Waals surface area contributed by atoms with E-state index < -0.39 is 5.60 Å². The van der Waals surface area contributed by atoms with E-state index in [0.29, 0.717) is 12.0 Å². The van der Waals surface area contributed by atoms with Crippen molar-refractivity contribution in [2.75, 3.05) is 0 Å². The summed E-state index contributed by atoms with van der Waals surface area (Å²) in [7, 11) is 0. The number of hydrogen-bond donors (Lipinski definition) is 1. The van der Waals surface area contributed by atoms with Crippen LogP contribution in [0.3, 0.4) is 0 Å². The number of hydrogen-bond acceptors (Lipinski definition) is 1. The van der Waals surface area contributed by atoms with Gasteiger partial charge < -0.3 is 5.11 Å². The second kappa shape index (κ2) is 4.36. The third-order valence-corrected chi connectivity index (χ3v) is 4.64. The van der Waals surface area contributed by atoms with Crippen LogP contribution >= 0.6 is 15.9 Å². The van der Waals surface area contributed by atoms with Crippen LogP contribution in [0.5, 0.6) is 0 Å². The Bertz CT molecular complexity index is 430. The minimum Gasteiger partial charge on any atom is -0.389 e. The molecule has 2 rings (SSSR count). The molecule has 0 heterocycles. The average Bonchev–Trinajstić information content (AvgIpc) is 2.46. The van der Waals surface area contributed by atoms with Crippen LogP contribution < -0.4 is 0 Å². The summed E-state index contributed by atoms with van der Waals surface area (Å²) in [5.41, 5.74) is -0.306. The minimum absolute atomic E-state index is 0.132. The second-order valence-electron chi connectivity index (χ2n) is 5.68. The van der Waals surface area contributed by atoms with Crippen molar-refractivity contribution >= 4 is 15.9 Å².